The molecule has 0 aliphatic carbocycles. The van der Waals surface area contributed by atoms with Crippen LogP contribution in [0.15, 0.2) is 28.8 Å². The summed E-state index contributed by atoms with van der Waals surface area (Å²) >= 11 is 12.0. The number of aromatic nitrogens is 1. The molecule has 0 atom stereocenters. The van der Waals surface area contributed by atoms with Crippen molar-refractivity contribution in [3.63, 3.8) is 0 Å². The van der Waals surface area contributed by atoms with Crippen LogP contribution in [0.3, 0.4) is 0 Å². The quantitative estimate of drug-likeness (QED) is 0.662. The summed E-state index contributed by atoms with van der Waals surface area (Å²) in [6, 6.07) is 6.29. The van der Waals surface area contributed by atoms with Gasteiger partial charge in [0, 0.05) is 17.6 Å². The highest BCUT2D eigenvalue weighted by molar-refractivity contribution is 6.36. The zero-order valence-corrected chi connectivity index (χ0v) is 16.2. The van der Waals surface area contributed by atoms with E-state index in [1.807, 2.05) is 0 Å². The summed E-state index contributed by atoms with van der Waals surface area (Å²) in [5, 5.41) is 7.05. The van der Waals surface area contributed by atoms with Crippen molar-refractivity contribution in [1.82, 2.24) is 10.1 Å². The van der Waals surface area contributed by atoms with Gasteiger partial charge >= 0.3 is 0 Å². The van der Waals surface area contributed by atoms with E-state index in [0.29, 0.717) is 28.7 Å². The summed E-state index contributed by atoms with van der Waals surface area (Å²) in [6.45, 7) is 4.15. The van der Waals surface area contributed by atoms with Gasteiger partial charge in [0.15, 0.2) is 5.82 Å². The Balaban J connectivity index is 2.10. The van der Waals surface area contributed by atoms with E-state index in [0.717, 1.165) is 19.3 Å². The maximum Gasteiger partial charge on any atom is 0.255 e. The standard InChI is InChI=1S/C18H21Cl2N3O3/c1-3-4-5-8-23(11-17(24)21-16-9-12(2)26-22-16)18(25)14-7-6-13(19)10-15(14)20/h6-7,9-10H,3-5,8,11H2,1-2H3,(H,21,22,24). The predicted molar refractivity (Wildman–Crippen MR) is 102 cm³/mol. The SMILES string of the molecule is CCCCCN(CC(=O)Nc1cc(C)on1)C(=O)c1ccc(Cl)cc1Cl. The van der Waals surface area contributed by atoms with Gasteiger partial charge in [0.1, 0.15) is 12.3 Å². The first kappa shape index (κ1) is 20.3. The zero-order valence-electron chi connectivity index (χ0n) is 14.7. The molecule has 0 aliphatic rings. The van der Waals surface area contributed by atoms with Crippen LogP contribution in [0.2, 0.25) is 10.0 Å². The van der Waals surface area contributed by atoms with E-state index in [9.17, 15) is 9.59 Å². The number of carbonyl (C=O) groups excluding carboxylic acids is 2. The number of hydrogen-bond donors (Lipinski definition) is 1. The minimum atomic E-state index is -0.353. The summed E-state index contributed by atoms with van der Waals surface area (Å²) in [5.74, 6) is 0.240. The molecule has 2 rings (SSSR count). The van der Waals surface area contributed by atoms with Crippen LogP contribution in [-0.2, 0) is 4.79 Å². The molecule has 1 heterocycles. The Labute approximate surface area is 162 Å². The maximum absolute atomic E-state index is 12.8. The van der Waals surface area contributed by atoms with Crippen LogP contribution >= 0.6 is 23.2 Å². The molecule has 0 spiro atoms. The molecule has 1 aromatic carbocycles. The molecular formula is C18H21Cl2N3O3. The van der Waals surface area contributed by atoms with Gasteiger partial charge in [0.05, 0.1) is 10.6 Å². The minimum absolute atomic E-state index is 0.104. The number of unbranched alkanes of at least 4 members (excludes halogenated alkanes) is 2. The number of halogens is 2. The average molecular weight is 398 g/mol. The molecular weight excluding hydrogens is 377 g/mol. The highest BCUT2D eigenvalue weighted by atomic mass is 35.5. The summed E-state index contributed by atoms with van der Waals surface area (Å²) in [6.07, 6.45) is 2.76. The maximum atomic E-state index is 12.8. The molecule has 1 aromatic heterocycles. The first-order chi connectivity index (χ1) is 12.4. The Kier molecular flexibility index (Phi) is 7.48. The van der Waals surface area contributed by atoms with E-state index >= 15 is 0 Å². The fraction of sp³-hybridized carbons (Fsp3) is 0.389. The third-order valence-electron chi connectivity index (χ3n) is 3.71. The number of hydrogen-bond acceptors (Lipinski definition) is 4. The number of nitrogens with zero attached hydrogens (tertiary/aromatic N) is 2. The Morgan fingerprint density at radius 1 is 1.23 bits per heavy atom. The van der Waals surface area contributed by atoms with Crippen LogP contribution in [0.25, 0.3) is 0 Å². The third-order valence-corrected chi connectivity index (χ3v) is 4.26. The molecule has 0 bridgehead atoms. The molecule has 0 aliphatic heterocycles. The van der Waals surface area contributed by atoms with Crippen LogP contribution in [0.4, 0.5) is 5.82 Å². The second-order valence-corrected chi connectivity index (χ2v) is 6.77. The van der Waals surface area contributed by atoms with Crippen molar-refractivity contribution < 1.29 is 14.1 Å². The highest BCUT2D eigenvalue weighted by Crippen LogP contribution is 2.22. The van der Waals surface area contributed by atoms with Crippen LogP contribution in [-0.4, -0.2) is 35.0 Å². The molecule has 140 valence electrons. The van der Waals surface area contributed by atoms with E-state index in [1.54, 1.807) is 25.1 Å². The van der Waals surface area contributed by atoms with Gasteiger partial charge in [0.2, 0.25) is 5.91 Å². The largest absolute Gasteiger partial charge is 0.360 e. The minimum Gasteiger partial charge on any atom is -0.360 e. The molecule has 0 unspecified atom stereocenters. The molecule has 0 radical (unpaired) electrons. The smallest absolute Gasteiger partial charge is 0.255 e. The lowest BCUT2D eigenvalue weighted by molar-refractivity contribution is -0.117. The topological polar surface area (TPSA) is 75.4 Å². The molecule has 26 heavy (non-hydrogen) atoms. The first-order valence-corrected chi connectivity index (χ1v) is 9.13. The lowest BCUT2D eigenvalue weighted by Crippen LogP contribution is -2.38. The van der Waals surface area contributed by atoms with Gasteiger partial charge in [-0.25, -0.2) is 0 Å². The van der Waals surface area contributed by atoms with Crippen molar-refractivity contribution in [2.24, 2.45) is 0 Å². The van der Waals surface area contributed by atoms with Crippen LogP contribution < -0.4 is 5.32 Å². The van der Waals surface area contributed by atoms with Gasteiger partial charge in [0.25, 0.3) is 5.91 Å². The van der Waals surface area contributed by atoms with Gasteiger partial charge in [-0.15, -0.1) is 0 Å². The highest BCUT2D eigenvalue weighted by Gasteiger charge is 2.21. The molecule has 0 saturated heterocycles. The van der Waals surface area contributed by atoms with Crippen LogP contribution in [0, 0.1) is 6.92 Å². The van der Waals surface area contributed by atoms with Crippen molar-refractivity contribution in [1.29, 1.82) is 0 Å². The number of nitrogens with one attached hydrogen (secondary N) is 1. The van der Waals surface area contributed by atoms with Gasteiger partial charge in [-0.1, -0.05) is 48.1 Å². The van der Waals surface area contributed by atoms with Gasteiger partial charge in [-0.3, -0.25) is 9.59 Å². The van der Waals surface area contributed by atoms with Crippen molar-refractivity contribution in [2.45, 2.75) is 33.1 Å². The molecule has 0 fully saturated rings. The van der Waals surface area contributed by atoms with Crippen LogP contribution in [0.5, 0.6) is 0 Å². The fourth-order valence-electron chi connectivity index (χ4n) is 2.42. The second kappa shape index (κ2) is 9.59. The summed E-state index contributed by atoms with van der Waals surface area (Å²) in [4.78, 5) is 26.6. The molecule has 1 N–H and O–H groups in total. The van der Waals surface area contributed by atoms with Crippen molar-refractivity contribution in [3.05, 3.63) is 45.6 Å². The van der Waals surface area contributed by atoms with Crippen molar-refractivity contribution >= 4 is 40.8 Å². The zero-order chi connectivity index (χ0) is 19.1. The summed E-state index contributed by atoms with van der Waals surface area (Å²) < 4.78 is 4.92. The van der Waals surface area contributed by atoms with Gasteiger partial charge in [-0.2, -0.15) is 0 Å². The fourth-order valence-corrected chi connectivity index (χ4v) is 2.91. The van der Waals surface area contributed by atoms with Crippen molar-refractivity contribution in [2.75, 3.05) is 18.4 Å². The van der Waals surface area contributed by atoms with E-state index in [-0.39, 0.29) is 23.4 Å². The van der Waals surface area contributed by atoms with Gasteiger partial charge in [-0.05, 0) is 31.5 Å². The Bertz CT molecular complexity index is 777. The van der Waals surface area contributed by atoms with Crippen LogP contribution in [0.1, 0.15) is 42.3 Å². The average Bonchev–Trinajstić information content (AvgIpc) is 2.98. The van der Waals surface area contributed by atoms with E-state index in [2.05, 4.69) is 17.4 Å². The number of aryl methyl sites for hydroxylation is 1. The van der Waals surface area contributed by atoms with E-state index in [1.165, 1.54) is 11.0 Å². The lowest BCUT2D eigenvalue weighted by atomic mass is 10.1. The molecule has 2 amide bonds. The number of anilines is 1. The molecule has 2 aromatic rings. The van der Waals surface area contributed by atoms with E-state index < -0.39 is 0 Å². The Hall–Kier alpha value is -2.05. The van der Waals surface area contributed by atoms with E-state index in [4.69, 9.17) is 27.7 Å². The first-order valence-electron chi connectivity index (χ1n) is 8.38. The molecule has 0 saturated carbocycles. The Morgan fingerprint density at radius 3 is 2.62 bits per heavy atom. The molecule has 6 nitrogen and oxygen atoms in total. The lowest BCUT2D eigenvalue weighted by Gasteiger charge is -2.22. The van der Waals surface area contributed by atoms with Gasteiger partial charge < -0.3 is 14.7 Å². The number of carbonyl (C=O) groups is 2. The summed E-state index contributed by atoms with van der Waals surface area (Å²) in [5.41, 5.74) is 0.317. The number of amides is 2. The Morgan fingerprint density at radius 2 is 2.00 bits per heavy atom. The summed E-state index contributed by atoms with van der Waals surface area (Å²) in [7, 11) is 0. The molecule has 8 heteroatoms. The number of rotatable bonds is 8. The second-order valence-electron chi connectivity index (χ2n) is 5.93. The monoisotopic (exact) mass is 397 g/mol. The van der Waals surface area contributed by atoms with Crippen molar-refractivity contribution in [3.8, 4) is 0 Å². The predicted octanol–water partition coefficient (Wildman–Crippen LogP) is 4.56. The normalized spacial score (nSPS) is 10.6. The number of benzene rings is 1. The third kappa shape index (κ3) is 5.75.